The monoisotopic (exact) mass is 268 g/mol. The third-order valence-corrected chi connectivity index (χ3v) is 3.40. The van der Waals surface area contributed by atoms with E-state index < -0.39 is 0 Å². The summed E-state index contributed by atoms with van der Waals surface area (Å²) in [5.74, 6) is 0.864. The first-order chi connectivity index (χ1) is 9.63. The van der Waals surface area contributed by atoms with E-state index in [9.17, 15) is 9.59 Å². The van der Waals surface area contributed by atoms with E-state index in [2.05, 4.69) is 0 Å². The molecule has 0 aromatic heterocycles. The van der Waals surface area contributed by atoms with Crippen molar-refractivity contribution in [3.63, 3.8) is 0 Å². The Morgan fingerprint density at radius 2 is 1.10 bits per heavy atom. The van der Waals surface area contributed by atoms with Crippen LogP contribution in [0.1, 0.15) is 20.7 Å². The van der Waals surface area contributed by atoms with Crippen molar-refractivity contribution in [3.05, 3.63) is 47.5 Å². The Hall–Kier alpha value is -2.62. The maximum atomic E-state index is 11.9. The Labute approximate surface area is 115 Å². The highest BCUT2D eigenvalue weighted by Crippen LogP contribution is 2.34. The largest absolute Gasteiger partial charge is 0.493 e. The van der Waals surface area contributed by atoms with Crippen LogP contribution >= 0.6 is 0 Å². The fourth-order valence-electron chi connectivity index (χ4n) is 2.37. The second-order valence-electron chi connectivity index (χ2n) is 4.51. The first kappa shape index (κ1) is 12.4. The molecule has 0 amide bonds. The van der Waals surface area contributed by atoms with Crippen LogP contribution in [-0.4, -0.2) is 25.8 Å². The van der Waals surface area contributed by atoms with E-state index in [4.69, 9.17) is 9.47 Å². The van der Waals surface area contributed by atoms with E-state index in [0.717, 1.165) is 10.8 Å². The van der Waals surface area contributed by atoms with Crippen molar-refractivity contribution in [2.45, 2.75) is 0 Å². The number of ether oxygens (including phenoxy) is 2. The molecule has 100 valence electrons. The fourth-order valence-corrected chi connectivity index (χ4v) is 2.37. The average molecular weight is 268 g/mol. The van der Waals surface area contributed by atoms with Crippen LogP contribution in [0.25, 0.3) is 10.8 Å². The smallest absolute Gasteiger partial charge is 0.186 e. The van der Waals surface area contributed by atoms with E-state index >= 15 is 0 Å². The van der Waals surface area contributed by atoms with E-state index in [1.54, 1.807) is 38.5 Å². The second kappa shape index (κ2) is 4.49. The van der Waals surface area contributed by atoms with Gasteiger partial charge in [0.15, 0.2) is 23.1 Å². The summed E-state index contributed by atoms with van der Waals surface area (Å²) in [4.78, 5) is 23.7. The zero-order valence-corrected chi connectivity index (χ0v) is 11.1. The number of rotatable bonds is 2. The summed E-state index contributed by atoms with van der Waals surface area (Å²) in [6, 6.07) is 7.03. The summed E-state index contributed by atoms with van der Waals surface area (Å²) in [6.07, 6.45) is 2.61. The van der Waals surface area contributed by atoms with Crippen LogP contribution in [0.3, 0.4) is 0 Å². The summed E-state index contributed by atoms with van der Waals surface area (Å²) in [5, 5.41) is 1.66. The van der Waals surface area contributed by atoms with Crippen molar-refractivity contribution in [3.8, 4) is 11.5 Å². The molecule has 0 fully saturated rings. The molecular formula is C16H12O4. The molecule has 3 rings (SSSR count). The lowest BCUT2D eigenvalue weighted by molar-refractivity contribution is 0.0994. The number of hydrogen-bond donors (Lipinski definition) is 0. The van der Waals surface area contributed by atoms with Crippen molar-refractivity contribution >= 4 is 22.3 Å². The molecule has 0 radical (unpaired) electrons. The molecule has 4 heteroatoms. The lowest BCUT2D eigenvalue weighted by Gasteiger charge is -2.13. The second-order valence-corrected chi connectivity index (χ2v) is 4.51. The van der Waals surface area contributed by atoms with Crippen LogP contribution in [0.4, 0.5) is 0 Å². The van der Waals surface area contributed by atoms with Gasteiger partial charge in [0.25, 0.3) is 0 Å². The van der Waals surface area contributed by atoms with E-state index in [1.807, 2.05) is 0 Å². The first-order valence-corrected chi connectivity index (χ1v) is 6.10. The van der Waals surface area contributed by atoms with Gasteiger partial charge in [-0.2, -0.15) is 0 Å². The van der Waals surface area contributed by atoms with Gasteiger partial charge in [0.2, 0.25) is 0 Å². The Kier molecular flexibility index (Phi) is 2.79. The highest BCUT2D eigenvalue weighted by Gasteiger charge is 2.20. The maximum absolute atomic E-state index is 11.9. The van der Waals surface area contributed by atoms with Crippen molar-refractivity contribution in [2.24, 2.45) is 0 Å². The molecule has 0 N–H and O–H groups in total. The molecule has 0 saturated heterocycles. The molecule has 1 aliphatic rings. The summed E-state index contributed by atoms with van der Waals surface area (Å²) in [6.45, 7) is 0. The molecule has 0 saturated carbocycles. The van der Waals surface area contributed by atoms with Crippen molar-refractivity contribution in [1.29, 1.82) is 0 Å². The minimum absolute atomic E-state index is 0.156. The molecule has 0 spiro atoms. The van der Waals surface area contributed by atoms with Gasteiger partial charge < -0.3 is 9.47 Å². The molecule has 0 aliphatic heterocycles. The minimum atomic E-state index is -0.156. The zero-order chi connectivity index (χ0) is 14.3. The van der Waals surface area contributed by atoms with E-state index in [1.165, 1.54) is 12.2 Å². The van der Waals surface area contributed by atoms with Gasteiger partial charge in [0.05, 0.1) is 14.2 Å². The normalized spacial score (nSPS) is 13.5. The summed E-state index contributed by atoms with van der Waals surface area (Å²) < 4.78 is 10.5. The number of allylic oxidation sites excluding steroid dienone is 2. The van der Waals surface area contributed by atoms with Crippen LogP contribution in [0, 0.1) is 0 Å². The van der Waals surface area contributed by atoms with Gasteiger partial charge >= 0.3 is 0 Å². The van der Waals surface area contributed by atoms with Gasteiger partial charge in [-0.25, -0.2) is 0 Å². The quantitative estimate of drug-likeness (QED) is 0.840. The van der Waals surface area contributed by atoms with Gasteiger partial charge in [-0.15, -0.1) is 0 Å². The SMILES string of the molecule is COc1cc2cc3c(cc2cc1OC)C(=O)C=CC3=O. The van der Waals surface area contributed by atoms with E-state index in [0.29, 0.717) is 22.6 Å². The number of ketones is 2. The third-order valence-electron chi connectivity index (χ3n) is 3.40. The predicted molar refractivity (Wildman–Crippen MR) is 74.9 cm³/mol. The molecular weight excluding hydrogens is 256 g/mol. The lowest BCUT2D eigenvalue weighted by Crippen LogP contribution is -2.11. The Bertz CT molecular complexity index is 707. The summed E-state index contributed by atoms with van der Waals surface area (Å²) in [5.41, 5.74) is 0.856. The highest BCUT2D eigenvalue weighted by molar-refractivity contribution is 6.23. The highest BCUT2D eigenvalue weighted by atomic mass is 16.5. The van der Waals surface area contributed by atoms with Crippen LogP contribution in [0.15, 0.2) is 36.4 Å². The topological polar surface area (TPSA) is 52.6 Å². The molecule has 0 unspecified atom stereocenters. The minimum Gasteiger partial charge on any atom is -0.493 e. The molecule has 0 bridgehead atoms. The number of benzene rings is 2. The fraction of sp³-hybridized carbons (Fsp3) is 0.125. The number of carbonyl (C=O) groups is 2. The number of hydrogen-bond acceptors (Lipinski definition) is 4. The van der Waals surface area contributed by atoms with Gasteiger partial charge in [-0.05, 0) is 47.2 Å². The maximum Gasteiger partial charge on any atom is 0.186 e. The number of fused-ring (bicyclic) bond motifs is 2. The summed E-state index contributed by atoms with van der Waals surface area (Å²) >= 11 is 0. The Balaban J connectivity index is 2.31. The third kappa shape index (κ3) is 1.77. The van der Waals surface area contributed by atoms with Gasteiger partial charge in [0, 0.05) is 11.1 Å². The van der Waals surface area contributed by atoms with Crippen molar-refractivity contribution in [2.75, 3.05) is 14.2 Å². The van der Waals surface area contributed by atoms with Crippen molar-refractivity contribution in [1.82, 2.24) is 0 Å². The Morgan fingerprint density at radius 3 is 1.45 bits per heavy atom. The number of carbonyl (C=O) groups excluding carboxylic acids is 2. The molecule has 2 aromatic carbocycles. The van der Waals surface area contributed by atoms with Crippen LogP contribution in [-0.2, 0) is 0 Å². The van der Waals surface area contributed by atoms with Gasteiger partial charge in [-0.1, -0.05) is 0 Å². The Morgan fingerprint density at radius 1 is 0.700 bits per heavy atom. The standard InChI is InChI=1S/C16H12O4/c1-19-15-7-9-5-11-12(14(18)4-3-13(11)17)6-10(9)8-16(15)20-2/h3-8H,1-2H3. The predicted octanol–water partition coefficient (Wildman–Crippen LogP) is 2.79. The van der Waals surface area contributed by atoms with Crippen molar-refractivity contribution < 1.29 is 19.1 Å². The lowest BCUT2D eigenvalue weighted by atomic mass is 9.91. The van der Waals surface area contributed by atoms with Crippen LogP contribution < -0.4 is 9.47 Å². The molecule has 0 heterocycles. The van der Waals surface area contributed by atoms with Gasteiger partial charge in [-0.3, -0.25) is 9.59 Å². The first-order valence-electron chi connectivity index (χ1n) is 6.10. The van der Waals surface area contributed by atoms with Gasteiger partial charge in [0.1, 0.15) is 0 Å². The summed E-state index contributed by atoms with van der Waals surface area (Å²) in [7, 11) is 3.11. The molecule has 1 aliphatic carbocycles. The average Bonchev–Trinajstić information content (AvgIpc) is 2.48. The number of methoxy groups -OCH3 is 2. The van der Waals surface area contributed by atoms with E-state index in [-0.39, 0.29) is 11.6 Å². The zero-order valence-electron chi connectivity index (χ0n) is 11.1. The van der Waals surface area contributed by atoms with Crippen LogP contribution in [0.5, 0.6) is 11.5 Å². The molecule has 0 atom stereocenters. The molecule has 2 aromatic rings. The molecule has 20 heavy (non-hydrogen) atoms. The van der Waals surface area contributed by atoms with Crippen LogP contribution in [0.2, 0.25) is 0 Å². The molecule has 4 nitrogen and oxygen atoms in total.